The first-order chi connectivity index (χ1) is 12.6. The number of carbonyl (C=O) groups excluding carboxylic acids is 1. The maximum absolute atomic E-state index is 12.6. The van der Waals surface area contributed by atoms with Crippen molar-refractivity contribution in [2.24, 2.45) is 0 Å². The Kier molecular flexibility index (Phi) is 6.27. The van der Waals surface area contributed by atoms with Gasteiger partial charge in [-0.3, -0.25) is 4.79 Å². The number of ether oxygens (including phenoxy) is 1. The zero-order valence-corrected chi connectivity index (χ0v) is 15.3. The molecule has 0 aromatic heterocycles. The van der Waals surface area contributed by atoms with Crippen molar-refractivity contribution in [3.05, 3.63) is 35.9 Å². The number of nitrogens with one attached hydrogen (secondary N) is 2. The highest BCUT2D eigenvalue weighted by Gasteiger charge is 2.40. The van der Waals surface area contributed by atoms with Crippen LogP contribution in [0.2, 0.25) is 0 Å². The minimum Gasteiger partial charge on any atom is -0.379 e. The molecule has 0 radical (unpaired) electrons. The van der Waals surface area contributed by atoms with Gasteiger partial charge in [-0.15, -0.1) is 0 Å². The Hall–Kier alpha value is -1.92. The number of benzene rings is 1. The molecule has 2 aliphatic heterocycles. The summed E-state index contributed by atoms with van der Waals surface area (Å²) < 4.78 is 32.0. The lowest BCUT2D eigenvalue weighted by Gasteiger charge is -2.28. The monoisotopic (exact) mass is 377 g/mol. The maximum atomic E-state index is 12.6. The first kappa shape index (κ1) is 18.9. The molecule has 2 heterocycles. The van der Waals surface area contributed by atoms with Gasteiger partial charge in [-0.25, -0.2) is 8.42 Å². The zero-order valence-electron chi connectivity index (χ0n) is 14.5. The summed E-state index contributed by atoms with van der Waals surface area (Å²) in [4.78, 5) is 12.2. The van der Waals surface area contributed by atoms with Gasteiger partial charge in [-0.2, -0.15) is 4.31 Å². The second-order valence-electron chi connectivity index (χ2n) is 6.26. The predicted molar refractivity (Wildman–Crippen MR) is 97.8 cm³/mol. The first-order valence-electron chi connectivity index (χ1n) is 8.69. The smallest absolute Gasteiger partial charge is 0.237 e. The first-order valence-corrected chi connectivity index (χ1v) is 10.2. The van der Waals surface area contributed by atoms with E-state index in [1.807, 2.05) is 30.3 Å². The van der Waals surface area contributed by atoms with Crippen LogP contribution in [0.1, 0.15) is 12.0 Å². The van der Waals surface area contributed by atoms with Crippen molar-refractivity contribution in [1.29, 1.82) is 0 Å². The van der Waals surface area contributed by atoms with Crippen molar-refractivity contribution >= 4 is 15.9 Å². The molecule has 2 unspecified atom stereocenters. The minimum atomic E-state index is -3.41. The highest BCUT2D eigenvalue weighted by atomic mass is 32.2. The Morgan fingerprint density at radius 3 is 2.73 bits per heavy atom. The SMILES string of the molecule is O=C(NCC#Cc1ccccc1)C1CC(S(=O)(=O)N2CCOCC2)CN1. The van der Waals surface area contributed by atoms with Crippen LogP contribution >= 0.6 is 0 Å². The van der Waals surface area contributed by atoms with E-state index in [4.69, 9.17) is 4.74 Å². The van der Waals surface area contributed by atoms with E-state index in [1.54, 1.807) is 0 Å². The number of sulfonamides is 1. The van der Waals surface area contributed by atoms with Gasteiger partial charge in [0.05, 0.1) is 31.1 Å². The number of amides is 1. The lowest BCUT2D eigenvalue weighted by Crippen LogP contribution is -2.45. The van der Waals surface area contributed by atoms with Gasteiger partial charge in [0, 0.05) is 25.2 Å². The number of nitrogens with zero attached hydrogens (tertiary/aromatic N) is 1. The van der Waals surface area contributed by atoms with E-state index in [-0.39, 0.29) is 25.4 Å². The van der Waals surface area contributed by atoms with Crippen molar-refractivity contribution in [2.45, 2.75) is 17.7 Å². The van der Waals surface area contributed by atoms with Crippen LogP contribution < -0.4 is 10.6 Å². The van der Waals surface area contributed by atoms with Crippen LogP contribution in [0.15, 0.2) is 30.3 Å². The molecule has 140 valence electrons. The maximum Gasteiger partial charge on any atom is 0.237 e. The Morgan fingerprint density at radius 1 is 1.27 bits per heavy atom. The van der Waals surface area contributed by atoms with Crippen molar-refractivity contribution < 1.29 is 17.9 Å². The zero-order chi connectivity index (χ0) is 18.4. The van der Waals surface area contributed by atoms with Gasteiger partial charge in [0.1, 0.15) is 0 Å². The fourth-order valence-electron chi connectivity index (χ4n) is 3.06. The third-order valence-electron chi connectivity index (χ3n) is 4.52. The Morgan fingerprint density at radius 2 is 2.00 bits per heavy atom. The summed E-state index contributed by atoms with van der Waals surface area (Å²) in [5.41, 5.74) is 0.886. The predicted octanol–water partition coefficient (Wildman–Crippen LogP) is -0.453. The molecule has 2 atom stereocenters. The summed E-state index contributed by atoms with van der Waals surface area (Å²) in [5.74, 6) is 5.65. The molecule has 0 aliphatic carbocycles. The molecule has 1 aromatic carbocycles. The van der Waals surface area contributed by atoms with Crippen molar-refractivity contribution in [3.63, 3.8) is 0 Å². The molecule has 1 aromatic rings. The van der Waals surface area contributed by atoms with Crippen LogP contribution in [0.3, 0.4) is 0 Å². The van der Waals surface area contributed by atoms with Crippen LogP contribution in [0.25, 0.3) is 0 Å². The highest BCUT2D eigenvalue weighted by Crippen LogP contribution is 2.20. The van der Waals surface area contributed by atoms with Gasteiger partial charge in [0.25, 0.3) is 0 Å². The van der Waals surface area contributed by atoms with Gasteiger partial charge in [-0.1, -0.05) is 30.0 Å². The molecular weight excluding hydrogens is 354 g/mol. The summed E-state index contributed by atoms with van der Waals surface area (Å²) in [6, 6.07) is 9.01. The Bertz CT molecular complexity index is 780. The highest BCUT2D eigenvalue weighted by molar-refractivity contribution is 7.89. The van der Waals surface area contributed by atoms with Crippen LogP contribution in [0.5, 0.6) is 0 Å². The van der Waals surface area contributed by atoms with E-state index in [0.717, 1.165) is 5.56 Å². The van der Waals surface area contributed by atoms with Crippen molar-refractivity contribution in [2.75, 3.05) is 39.4 Å². The minimum absolute atomic E-state index is 0.216. The van der Waals surface area contributed by atoms with Crippen molar-refractivity contribution in [3.8, 4) is 11.8 Å². The molecule has 2 aliphatic rings. The van der Waals surface area contributed by atoms with Gasteiger partial charge < -0.3 is 15.4 Å². The largest absolute Gasteiger partial charge is 0.379 e. The van der Waals surface area contributed by atoms with E-state index in [2.05, 4.69) is 22.5 Å². The average Bonchev–Trinajstić information content (AvgIpc) is 3.18. The third kappa shape index (κ3) is 4.62. The summed E-state index contributed by atoms with van der Waals surface area (Å²) in [5, 5.41) is 5.18. The van der Waals surface area contributed by atoms with Crippen LogP contribution in [0.4, 0.5) is 0 Å². The second kappa shape index (κ2) is 8.64. The number of hydrogen-bond donors (Lipinski definition) is 2. The lowest BCUT2D eigenvalue weighted by atomic mass is 10.2. The quantitative estimate of drug-likeness (QED) is 0.694. The number of carbonyl (C=O) groups is 1. The molecule has 0 bridgehead atoms. The normalized spacial score (nSPS) is 23.8. The summed E-state index contributed by atoms with van der Waals surface area (Å²) >= 11 is 0. The van der Waals surface area contributed by atoms with Crippen molar-refractivity contribution in [1.82, 2.24) is 14.9 Å². The molecule has 2 saturated heterocycles. The van der Waals surface area contributed by atoms with E-state index < -0.39 is 21.3 Å². The van der Waals surface area contributed by atoms with Crippen LogP contribution in [0, 0.1) is 11.8 Å². The lowest BCUT2D eigenvalue weighted by molar-refractivity contribution is -0.122. The number of morpholine rings is 1. The molecule has 0 spiro atoms. The van der Waals surface area contributed by atoms with Gasteiger partial charge >= 0.3 is 0 Å². The van der Waals surface area contributed by atoms with Gasteiger partial charge in [-0.05, 0) is 18.6 Å². The standard InChI is InChI=1S/C18H23N3O4S/c22-18(19-8-4-7-15-5-2-1-3-6-15)17-13-16(14-20-17)26(23,24)21-9-11-25-12-10-21/h1-3,5-6,16-17,20H,8-14H2,(H,19,22). The van der Waals surface area contributed by atoms with Crippen LogP contribution in [-0.2, 0) is 19.6 Å². The molecule has 1 amide bonds. The van der Waals surface area contributed by atoms with Gasteiger partial charge in [0.15, 0.2) is 0 Å². The molecule has 2 N–H and O–H groups in total. The molecule has 7 nitrogen and oxygen atoms in total. The molecule has 3 rings (SSSR count). The molecular formula is C18H23N3O4S. The number of rotatable bonds is 4. The summed E-state index contributed by atoms with van der Waals surface area (Å²) in [6.07, 6.45) is 0.275. The molecule has 0 saturated carbocycles. The average molecular weight is 377 g/mol. The topological polar surface area (TPSA) is 87.7 Å². The second-order valence-corrected chi connectivity index (χ2v) is 8.47. The van der Waals surface area contributed by atoms with E-state index in [9.17, 15) is 13.2 Å². The fourth-order valence-corrected chi connectivity index (χ4v) is 4.89. The third-order valence-corrected chi connectivity index (χ3v) is 6.80. The van der Waals surface area contributed by atoms with E-state index in [0.29, 0.717) is 26.3 Å². The molecule has 8 heteroatoms. The van der Waals surface area contributed by atoms with E-state index >= 15 is 0 Å². The summed E-state index contributed by atoms with van der Waals surface area (Å²) in [6.45, 7) is 2.11. The fraction of sp³-hybridized carbons (Fsp3) is 0.500. The summed E-state index contributed by atoms with van der Waals surface area (Å²) in [7, 11) is -3.41. The molecule has 2 fully saturated rings. The van der Waals surface area contributed by atoms with E-state index in [1.165, 1.54) is 4.31 Å². The Balaban J connectivity index is 1.49. The Labute approximate surface area is 154 Å². The number of hydrogen-bond acceptors (Lipinski definition) is 5. The van der Waals surface area contributed by atoms with Gasteiger partial charge in [0.2, 0.25) is 15.9 Å². The van der Waals surface area contributed by atoms with Crippen LogP contribution in [-0.4, -0.2) is 69.3 Å². The molecule has 26 heavy (non-hydrogen) atoms.